The summed E-state index contributed by atoms with van der Waals surface area (Å²) in [6.07, 6.45) is 1.06. The highest BCUT2D eigenvalue weighted by Gasteiger charge is 2.31. The molecule has 1 aromatic carbocycles. The molecule has 2 unspecified atom stereocenters. The van der Waals surface area contributed by atoms with Crippen molar-refractivity contribution in [1.29, 1.82) is 0 Å². The van der Waals surface area contributed by atoms with Crippen LogP contribution in [0.2, 0.25) is 0 Å². The number of benzene rings is 1. The van der Waals surface area contributed by atoms with Gasteiger partial charge in [-0.2, -0.15) is 4.31 Å². The molecular weight excluding hydrogens is 288 g/mol. The van der Waals surface area contributed by atoms with E-state index in [1.54, 1.807) is 23.5 Å². The minimum absolute atomic E-state index is 0.223. The molecule has 1 saturated heterocycles. The maximum absolute atomic E-state index is 12.7. The zero-order valence-corrected chi connectivity index (χ0v) is 13.5. The lowest BCUT2D eigenvalue weighted by molar-refractivity contribution is 0.0963. The Balaban J connectivity index is 2.25. The van der Waals surface area contributed by atoms with E-state index >= 15 is 0 Å². The highest BCUT2D eigenvalue weighted by molar-refractivity contribution is 7.89. The van der Waals surface area contributed by atoms with E-state index in [4.69, 9.17) is 0 Å². The van der Waals surface area contributed by atoms with Crippen molar-refractivity contribution in [3.8, 4) is 0 Å². The summed E-state index contributed by atoms with van der Waals surface area (Å²) in [6, 6.07) is 6.10. The minimum atomic E-state index is -3.48. The van der Waals surface area contributed by atoms with Gasteiger partial charge in [0.1, 0.15) is 0 Å². The van der Waals surface area contributed by atoms with Gasteiger partial charge >= 0.3 is 0 Å². The van der Waals surface area contributed by atoms with Crippen LogP contribution in [-0.2, 0) is 10.0 Å². The molecule has 2 rings (SSSR count). The SMILES string of the molecule is CNC(=O)c1ccc(S(=O)(=O)N2CC(C)CC(C)C2)cc1. The summed E-state index contributed by atoms with van der Waals surface area (Å²) >= 11 is 0. The summed E-state index contributed by atoms with van der Waals surface area (Å²) in [4.78, 5) is 11.7. The van der Waals surface area contributed by atoms with Crippen LogP contribution < -0.4 is 5.32 Å². The summed E-state index contributed by atoms with van der Waals surface area (Å²) < 4.78 is 26.9. The third kappa shape index (κ3) is 3.44. The number of sulfonamides is 1. The van der Waals surface area contributed by atoms with Crippen LogP contribution in [-0.4, -0.2) is 38.8 Å². The molecule has 116 valence electrons. The van der Waals surface area contributed by atoms with Gasteiger partial charge in [-0.25, -0.2) is 8.42 Å². The van der Waals surface area contributed by atoms with E-state index in [9.17, 15) is 13.2 Å². The van der Waals surface area contributed by atoms with Gasteiger partial charge < -0.3 is 5.32 Å². The second kappa shape index (κ2) is 6.15. The Morgan fingerprint density at radius 3 is 2.14 bits per heavy atom. The number of amides is 1. The molecule has 1 aliphatic rings. The molecule has 1 aliphatic heterocycles. The standard InChI is InChI=1S/C15H22N2O3S/c1-11-8-12(2)10-17(9-11)21(19,20)14-6-4-13(5-7-14)15(18)16-3/h4-7,11-12H,8-10H2,1-3H3,(H,16,18). The highest BCUT2D eigenvalue weighted by Crippen LogP contribution is 2.26. The second-order valence-electron chi connectivity index (χ2n) is 5.87. The quantitative estimate of drug-likeness (QED) is 0.924. The van der Waals surface area contributed by atoms with Gasteiger partial charge in [-0.05, 0) is 42.5 Å². The molecule has 0 aliphatic carbocycles. The van der Waals surface area contributed by atoms with Gasteiger partial charge in [0.15, 0.2) is 0 Å². The molecule has 0 saturated carbocycles. The Labute approximate surface area is 126 Å². The van der Waals surface area contributed by atoms with Gasteiger partial charge in [-0.3, -0.25) is 4.79 Å². The van der Waals surface area contributed by atoms with Gasteiger partial charge in [0.2, 0.25) is 10.0 Å². The van der Waals surface area contributed by atoms with Crippen LogP contribution in [0.5, 0.6) is 0 Å². The van der Waals surface area contributed by atoms with Crippen molar-refractivity contribution in [3.05, 3.63) is 29.8 Å². The topological polar surface area (TPSA) is 66.5 Å². The Bertz CT molecular complexity index is 600. The Morgan fingerprint density at radius 2 is 1.67 bits per heavy atom. The molecule has 1 amide bonds. The average Bonchev–Trinajstić information content (AvgIpc) is 2.45. The molecule has 0 radical (unpaired) electrons. The lowest BCUT2D eigenvalue weighted by Crippen LogP contribution is -2.42. The van der Waals surface area contributed by atoms with E-state index < -0.39 is 10.0 Å². The van der Waals surface area contributed by atoms with Crippen molar-refractivity contribution in [2.45, 2.75) is 25.2 Å². The van der Waals surface area contributed by atoms with Crippen molar-refractivity contribution in [1.82, 2.24) is 9.62 Å². The fourth-order valence-electron chi connectivity index (χ4n) is 2.87. The molecule has 1 N–H and O–H groups in total. The first-order valence-corrected chi connectivity index (χ1v) is 8.61. The third-order valence-electron chi connectivity index (χ3n) is 3.82. The molecule has 0 spiro atoms. The molecule has 5 nitrogen and oxygen atoms in total. The average molecular weight is 310 g/mol. The zero-order valence-electron chi connectivity index (χ0n) is 12.7. The molecule has 2 atom stereocenters. The number of nitrogens with zero attached hydrogens (tertiary/aromatic N) is 1. The molecule has 21 heavy (non-hydrogen) atoms. The number of piperidine rings is 1. The molecule has 0 bridgehead atoms. The minimum Gasteiger partial charge on any atom is -0.355 e. The predicted octanol–water partition coefficient (Wildman–Crippen LogP) is 1.71. The van der Waals surface area contributed by atoms with Crippen molar-refractivity contribution in [2.24, 2.45) is 11.8 Å². The van der Waals surface area contributed by atoms with E-state index in [1.165, 1.54) is 12.1 Å². The number of carbonyl (C=O) groups is 1. The van der Waals surface area contributed by atoms with Crippen molar-refractivity contribution in [2.75, 3.05) is 20.1 Å². The van der Waals surface area contributed by atoms with E-state index in [-0.39, 0.29) is 10.8 Å². The third-order valence-corrected chi connectivity index (χ3v) is 5.66. The van der Waals surface area contributed by atoms with Gasteiger partial charge in [-0.1, -0.05) is 13.8 Å². The number of carbonyl (C=O) groups excluding carboxylic acids is 1. The predicted molar refractivity (Wildman–Crippen MR) is 81.5 cm³/mol. The summed E-state index contributed by atoms with van der Waals surface area (Å²) in [5.74, 6) is 0.515. The van der Waals surface area contributed by atoms with Crippen molar-refractivity contribution < 1.29 is 13.2 Å². The first kappa shape index (κ1) is 16.0. The van der Waals surface area contributed by atoms with Crippen LogP contribution in [0.15, 0.2) is 29.2 Å². The first-order chi connectivity index (χ1) is 9.84. The lowest BCUT2D eigenvalue weighted by atomic mass is 9.94. The summed E-state index contributed by atoms with van der Waals surface area (Å²) in [7, 11) is -1.93. The highest BCUT2D eigenvalue weighted by atomic mass is 32.2. The Morgan fingerprint density at radius 1 is 1.14 bits per heavy atom. The van der Waals surface area contributed by atoms with Crippen molar-refractivity contribution >= 4 is 15.9 Å². The summed E-state index contributed by atoms with van der Waals surface area (Å²) in [6.45, 7) is 5.27. The maximum atomic E-state index is 12.7. The van der Waals surface area contributed by atoms with Crippen molar-refractivity contribution in [3.63, 3.8) is 0 Å². The molecule has 1 aromatic rings. The fourth-order valence-corrected chi connectivity index (χ4v) is 4.55. The fraction of sp³-hybridized carbons (Fsp3) is 0.533. The van der Waals surface area contributed by atoms with Gasteiger partial charge in [0.25, 0.3) is 5.91 Å². The first-order valence-electron chi connectivity index (χ1n) is 7.17. The van der Waals surface area contributed by atoms with Crippen LogP contribution >= 0.6 is 0 Å². The second-order valence-corrected chi connectivity index (χ2v) is 7.81. The van der Waals surface area contributed by atoms with Gasteiger partial charge in [-0.15, -0.1) is 0 Å². The monoisotopic (exact) mass is 310 g/mol. The van der Waals surface area contributed by atoms with E-state index in [0.29, 0.717) is 30.5 Å². The zero-order chi connectivity index (χ0) is 15.6. The van der Waals surface area contributed by atoms with E-state index in [2.05, 4.69) is 19.2 Å². The summed E-state index contributed by atoms with van der Waals surface area (Å²) in [5.41, 5.74) is 0.455. The lowest BCUT2D eigenvalue weighted by Gasteiger charge is -2.34. The van der Waals surface area contributed by atoms with Crippen LogP contribution in [0.4, 0.5) is 0 Å². The molecular formula is C15H22N2O3S. The van der Waals surface area contributed by atoms with Crippen LogP contribution in [0.25, 0.3) is 0 Å². The maximum Gasteiger partial charge on any atom is 0.251 e. The summed E-state index contributed by atoms with van der Waals surface area (Å²) in [5, 5.41) is 2.52. The van der Waals surface area contributed by atoms with Gasteiger partial charge in [0, 0.05) is 25.7 Å². The number of rotatable bonds is 3. The van der Waals surface area contributed by atoms with E-state index in [1.807, 2.05) is 0 Å². The van der Waals surface area contributed by atoms with Crippen LogP contribution in [0, 0.1) is 11.8 Å². The Kier molecular flexibility index (Phi) is 4.68. The number of nitrogens with one attached hydrogen (secondary N) is 1. The van der Waals surface area contributed by atoms with E-state index in [0.717, 1.165) is 6.42 Å². The molecule has 1 fully saturated rings. The molecule has 1 heterocycles. The van der Waals surface area contributed by atoms with Crippen LogP contribution in [0.1, 0.15) is 30.6 Å². The molecule has 0 aromatic heterocycles. The normalized spacial score (nSPS) is 23.8. The number of hydrogen-bond acceptors (Lipinski definition) is 3. The van der Waals surface area contributed by atoms with Gasteiger partial charge in [0.05, 0.1) is 4.90 Å². The largest absolute Gasteiger partial charge is 0.355 e. The van der Waals surface area contributed by atoms with Crippen LogP contribution in [0.3, 0.4) is 0 Å². The molecule has 6 heteroatoms. The number of hydrogen-bond donors (Lipinski definition) is 1. The smallest absolute Gasteiger partial charge is 0.251 e. The Hall–Kier alpha value is -1.40.